The van der Waals surface area contributed by atoms with Gasteiger partial charge in [-0.2, -0.15) is 15.0 Å². The summed E-state index contributed by atoms with van der Waals surface area (Å²) in [6.45, 7) is 6.52. The minimum absolute atomic E-state index is 0.00612. The number of anilines is 3. The fourth-order valence-electron chi connectivity index (χ4n) is 1.41. The molecule has 1 heterocycles. The second kappa shape index (κ2) is 7.02. The topological polar surface area (TPSA) is 130 Å². The zero-order valence-electron chi connectivity index (χ0n) is 11.3. The summed E-state index contributed by atoms with van der Waals surface area (Å²) >= 11 is 0. The van der Waals surface area contributed by atoms with Gasteiger partial charge in [-0.15, -0.1) is 0 Å². The third-order valence-corrected chi connectivity index (χ3v) is 1.94. The molecular formula is C10H20N6O3. The van der Waals surface area contributed by atoms with Crippen LogP contribution >= 0.6 is 0 Å². The van der Waals surface area contributed by atoms with E-state index < -0.39 is 6.10 Å². The number of nitrogen functional groups attached to an aromatic ring is 2. The van der Waals surface area contributed by atoms with Crippen molar-refractivity contribution < 1.29 is 14.2 Å². The number of nitrogens with one attached hydrogen (secondary N) is 1. The van der Waals surface area contributed by atoms with Crippen molar-refractivity contribution in [3.8, 4) is 0 Å². The Hall–Kier alpha value is -1.71. The summed E-state index contributed by atoms with van der Waals surface area (Å²) < 4.78 is 16.4. The Balaban J connectivity index is 2.96. The highest BCUT2D eigenvalue weighted by Crippen LogP contribution is 2.18. The number of hydrogen-bond acceptors (Lipinski definition) is 9. The van der Waals surface area contributed by atoms with Crippen molar-refractivity contribution in [3.05, 3.63) is 0 Å². The molecule has 5 N–H and O–H groups in total. The second-order valence-corrected chi connectivity index (χ2v) is 3.36. The van der Waals surface area contributed by atoms with Crippen molar-refractivity contribution in [2.24, 2.45) is 0 Å². The van der Waals surface area contributed by atoms with E-state index in [4.69, 9.17) is 25.7 Å². The maximum Gasteiger partial charge on any atom is 0.377 e. The van der Waals surface area contributed by atoms with E-state index in [0.717, 1.165) is 0 Å². The molecule has 0 amide bonds. The van der Waals surface area contributed by atoms with Crippen LogP contribution < -0.4 is 16.8 Å². The Kier molecular flexibility index (Phi) is 5.67. The van der Waals surface area contributed by atoms with Crippen LogP contribution in [0.2, 0.25) is 0 Å². The van der Waals surface area contributed by atoms with Crippen LogP contribution in [0, 0.1) is 0 Å². The lowest BCUT2D eigenvalue weighted by Crippen LogP contribution is -2.47. The standard InChI is InChI=1S/C10H20N6O3/c1-4-17-10(18-5-2,19-6-3)16-9-14-7(11)13-8(12)15-9/h4-6H2,1-3H3,(H5,11,12,13,14,15,16). The molecule has 108 valence electrons. The van der Waals surface area contributed by atoms with E-state index in [9.17, 15) is 0 Å². The molecular weight excluding hydrogens is 252 g/mol. The average molecular weight is 272 g/mol. The molecule has 0 saturated carbocycles. The third kappa shape index (κ3) is 4.47. The first-order valence-corrected chi connectivity index (χ1v) is 6.02. The van der Waals surface area contributed by atoms with Crippen LogP contribution in [0.1, 0.15) is 20.8 Å². The summed E-state index contributed by atoms with van der Waals surface area (Å²) in [6.07, 6.45) is -1.47. The van der Waals surface area contributed by atoms with E-state index in [2.05, 4.69) is 20.3 Å². The molecule has 1 aromatic rings. The zero-order chi connectivity index (χ0) is 14.3. The van der Waals surface area contributed by atoms with E-state index in [0.29, 0.717) is 19.8 Å². The molecule has 0 atom stereocenters. The molecule has 0 unspecified atom stereocenters. The lowest BCUT2D eigenvalue weighted by Gasteiger charge is -2.32. The van der Waals surface area contributed by atoms with Crippen LogP contribution in [0.3, 0.4) is 0 Å². The van der Waals surface area contributed by atoms with E-state index in [-0.39, 0.29) is 17.8 Å². The monoisotopic (exact) mass is 272 g/mol. The number of nitrogens with two attached hydrogens (primary N) is 2. The van der Waals surface area contributed by atoms with Gasteiger partial charge in [0.2, 0.25) is 17.8 Å². The van der Waals surface area contributed by atoms with E-state index in [1.165, 1.54) is 0 Å². The lowest BCUT2D eigenvalue weighted by molar-refractivity contribution is -0.359. The molecule has 0 bridgehead atoms. The fraction of sp³-hybridized carbons (Fsp3) is 0.700. The fourth-order valence-corrected chi connectivity index (χ4v) is 1.41. The van der Waals surface area contributed by atoms with Gasteiger partial charge in [0.15, 0.2) is 0 Å². The van der Waals surface area contributed by atoms with Crippen LogP contribution in [0.25, 0.3) is 0 Å². The highest BCUT2D eigenvalue weighted by atomic mass is 16.9. The number of aromatic nitrogens is 3. The molecule has 9 nitrogen and oxygen atoms in total. The van der Waals surface area contributed by atoms with Crippen molar-refractivity contribution in [1.82, 2.24) is 15.0 Å². The van der Waals surface area contributed by atoms with Gasteiger partial charge in [-0.3, -0.25) is 5.32 Å². The second-order valence-electron chi connectivity index (χ2n) is 3.36. The van der Waals surface area contributed by atoms with Gasteiger partial charge in [0.1, 0.15) is 0 Å². The van der Waals surface area contributed by atoms with Gasteiger partial charge in [-0.25, -0.2) is 0 Å². The number of nitrogens with zero attached hydrogens (tertiary/aromatic N) is 3. The molecule has 0 aliphatic heterocycles. The molecule has 0 saturated heterocycles. The summed E-state index contributed by atoms with van der Waals surface area (Å²) in [5.41, 5.74) is 11.0. The van der Waals surface area contributed by atoms with Crippen LogP contribution in [0.4, 0.5) is 17.8 Å². The molecule has 0 aliphatic carbocycles. The van der Waals surface area contributed by atoms with Crippen molar-refractivity contribution in [3.63, 3.8) is 0 Å². The number of rotatable bonds is 8. The molecule has 9 heteroatoms. The SMILES string of the molecule is CCOC(Nc1nc(N)nc(N)n1)(OCC)OCC. The van der Waals surface area contributed by atoms with Gasteiger partial charge in [-0.05, 0) is 20.8 Å². The molecule has 0 spiro atoms. The highest BCUT2D eigenvalue weighted by Gasteiger charge is 2.34. The Labute approximate surface area is 111 Å². The Bertz CT molecular complexity index is 366. The summed E-state index contributed by atoms with van der Waals surface area (Å²) in [5, 5.41) is 2.79. The van der Waals surface area contributed by atoms with Crippen molar-refractivity contribution in [2.45, 2.75) is 26.9 Å². The lowest BCUT2D eigenvalue weighted by atomic mass is 10.7. The van der Waals surface area contributed by atoms with Gasteiger partial charge >= 0.3 is 6.10 Å². The Morgan fingerprint density at radius 3 is 1.68 bits per heavy atom. The first kappa shape index (κ1) is 15.3. The van der Waals surface area contributed by atoms with E-state index in [1.54, 1.807) is 0 Å². The molecule has 0 fully saturated rings. The maximum absolute atomic E-state index is 5.50. The maximum atomic E-state index is 5.50. The first-order valence-electron chi connectivity index (χ1n) is 6.02. The quantitative estimate of drug-likeness (QED) is 0.566. The number of ether oxygens (including phenoxy) is 3. The predicted octanol–water partition coefficient (Wildman–Crippen LogP) is 0.169. The Morgan fingerprint density at radius 1 is 0.895 bits per heavy atom. The molecule has 1 aromatic heterocycles. The minimum atomic E-state index is -1.47. The first-order chi connectivity index (χ1) is 9.05. The summed E-state index contributed by atoms with van der Waals surface area (Å²) in [7, 11) is 0. The molecule has 19 heavy (non-hydrogen) atoms. The summed E-state index contributed by atoms with van der Waals surface area (Å²) in [4.78, 5) is 11.5. The van der Waals surface area contributed by atoms with Crippen LogP contribution in [-0.2, 0) is 14.2 Å². The van der Waals surface area contributed by atoms with Gasteiger partial charge in [0, 0.05) is 0 Å². The summed E-state index contributed by atoms with van der Waals surface area (Å²) in [6, 6.07) is 0. The Morgan fingerprint density at radius 2 is 1.32 bits per heavy atom. The normalized spacial score (nSPS) is 11.5. The van der Waals surface area contributed by atoms with Crippen molar-refractivity contribution in [1.29, 1.82) is 0 Å². The zero-order valence-corrected chi connectivity index (χ0v) is 11.3. The van der Waals surface area contributed by atoms with Gasteiger partial charge in [-0.1, -0.05) is 0 Å². The van der Waals surface area contributed by atoms with Crippen LogP contribution in [0.15, 0.2) is 0 Å². The minimum Gasteiger partial charge on any atom is -0.368 e. The van der Waals surface area contributed by atoms with E-state index >= 15 is 0 Å². The van der Waals surface area contributed by atoms with Crippen molar-refractivity contribution in [2.75, 3.05) is 36.6 Å². The van der Waals surface area contributed by atoms with Crippen LogP contribution in [-0.4, -0.2) is 40.9 Å². The predicted molar refractivity (Wildman–Crippen MR) is 69.9 cm³/mol. The van der Waals surface area contributed by atoms with E-state index in [1.807, 2.05) is 20.8 Å². The molecule has 1 rings (SSSR count). The molecule has 0 aliphatic rings. The highest BCUT2D eigenvalue weighted by molar-refractivity contribution is 5.37. The van der Waals surface area contributed by atoms with Crippen LogP contribution in [0.5, 0.6) is 0 Å². The largest absolute Gasteiger partial charge is 0.377 e. The molecule has 0 radical (unpaired) electrons. The van der Waals surface area contributed by atoms with Gasteiger partial charge in [0.05, 0.1) is 19.8 Å². The third-order valence-electron chi connectivity index (χ3n) is 1.94. The van der Waals surface area contributed by atoms with Crippen molar-refractivity contribution >= 4 is 17.8 Å². The number of hydrogen-bond donors (Lipinski definition) is 3. The van der Waals surface area contributed by atoms with Gasteiger partial charge < -0.3 is 25.7 Å². The summed E-state index contributed by atoms with van der Waals surface area (Å²) in [5.74, 6) is 0.0992. The average Bonchev–Trinajstić information content (AvgIpc) is 2.28. The van der Waals surface area contributed by atoms with Gasteiger partial charge in [0.25, 0.3) is 0 Å². The smallest absolute Gasteiger partial charge is 0.368 e. The molecule has 0 aromatic carbocycles.